The molecule has 0 atom stereocenters. The molecule has 6 heteroatoms. The van der Waals surface area contributed by atoms with Crippen LogP contribution in [0.1, 0.15) is 95.5 Å². The maximum absolute atomic E-state index is 12.8. The number of carboxylic acid groups (broad SMARTS) is 1. The molecule has 174 valence electrons. The Morgan fingerprint density at radius 3 is 2.29 bits per heavy atom. The van der Waals surface area contributed by atoms with Crippen molar-refractivity contribution in [3.8, 4) is 5.75 Å². The van der Waals surface area contributed by atoms with Crippen LogP contribution < -0.4 is 4.74 Å². The van der Waals surface area contributed by atoms with Crippen molar-refractivity contribution in [1.29, 1.82) is 0 Å². The van der Waals surface area contributed by atoms with E-state index in [9.17, 15) is 23.1 Å². The van der Waals surface area contributed by atoms with Crippen LogP contribution in [0.2, 0.25) is 0 Å². The lowest BCUT2D eigenvalue weighted by Gasteiger charge is -2.45. The highest BCUT2D eigenvalue weighted by molar-refractivity contribution is 5.75. The molecule has 1 N–H and O–H groups in total. The second kappa shape index (κ2) is 10.3. The van der Waals surface area contributed by atoms with Crippen molar-refractivity contribution in [1.82, 2.24) is 0 Å². The van der Waals surface area contributed by atoms with Gasteiger partial charge in [0.2, 0.25) is 0 Å². The molecule has 3 rings (SSSR count). The summed E-state index contributed by atoms with van der Waals surface area (Å²) in [6.45, 7) is 2.21. The Morgan fingerprint density at radius 1 is 1.06 bits per heavy atom. The van der Waals surface area contributed by atoms with Crippen LogP contribution in [0.25, 0.3) is 0 Å². The molecule has 2 fully saturated rings. The van der Waals surface area contributed by atoms with Crippen LogP contribution in [0.15, 0.2) is 24.3 Å². The van der Waals surface area contributed by atoms with E-state index in [1.807, 2.05) is 0 Å². The van der Waals surface area contributed by atoms with E-state index in [4.69, 9.17) is 0 Å². The van der Waals surface area contributed by atoms with Gasteiger partial charge in [-0.2, -0.15) is 0 Å². The molecule has 0 aromatic heterocycles. The minimum absolute atomic E-state index is 0.101. The van der Waals surface area contributed by atoms with E-state index in [0.29, 0.717) is 31.2 Å². The third-order valence-electron chi connectivity index (χ3n) is 7.73. The standard InChI is InChI=1S/C25H35F3O3/c1-2-3-4-7-18-10-12-20(13-11-18)24(23(29)30)16-14-19(15-17-24)21-8-5-6-9-22(21)31-25(26,27)28/h5-6,8-9,18-20H,2-4,7,10-17H2,1H3,(H,29,30). The molecule has 0 bridgehead atoms. The molecule has 0 amide bonds. The highest BCUT2D eigenvalue weighted by Crippen LogP contribution is 2.53. The molecular formula is C25H35F3O3. The van der Waals surface area contributed by atoms with E-state index in [1.165, 1.54) is 37.8 Å². The Hall–Kier alpha value is -1.72. The van der Waals surface area contributed by atoms with Crippen molar-refractivity contribution in [2.75, 3.05) is 0 Å². The molecule has 2 aliphatic rings. The van der Waals surface area contributed by atoms with Crippen molar-refractivity contribution < 1.29 is 27.8 Å². The third-order valence-corrected chi connectivity index (χ3v) is 7.73. The van der Waals surface area contributed by atoms with Crippen molar-refractivity contribution in [2.45, 2.75) is 96.3 Å². The maximum atomic E-state index is 12.8. The number of rotatable bonds is 8. The van der Waals surface area contributed by atoms with Crippen molar-refractivity contribution in [3.05, 3.63) is 29.8 Å². The number of hydrogen-bond donors (Lipinski definition) is 1. The number of hydrogen-bond acceptors (Lipinski definition) is 2. The highest BCUT2D eigenvalue weighted by atomic mass is 19.4. The fourth-order valence-corrected chi connectivity index (χ4v) is 5.96. The molecule has 2 aliphatic carbocycles. The van der Waals surface area contributed by atoms with Gasteiger partial charge < -0.3 is 9.84 Å². The molecule has 0 saturated heterocycles. The molecule has 1 aromatic carbocycles. The van der Waals surface area contributed by atoms with Gasteiger partial charge >= 0.3 is 12.3 Å². The summed E-state index contributed by atoms with van der Waals surface area (Å²) in [5, 5.41) is 10.2. The normalized spacial score (nSPS) is 29.5. The Morgan fingerprint density at radius 2 is 1.71 bits per heavy atom. The summed E-state index contributed by atoms with van der Waals surface area (Å²) in [6, 6.07) is 6.29. The molecule has 31 heavy (non-hydrogen) atoms. The van der Waals surface area contributed by atoms with Gasteiger partial charge in [0.05, 0.1) is 5.41 Å². The van der Waals surface area contributed by atoms with E-state index >= 15 is 0 Å². The van der Waals surface area contributed by atoms with E-state index in [1.54, 1.807) is 12.1 Å². The smallest absolute Gasteiger partial charge is 0.481 e. The van der Waals surface area contributed by atoms with Crippen molar-refractivity contribution in [3.63, 3.8) is 0 Å². The van der Waals surface area contributed by atoms with Gasteiger partial charge in [-0.25, -0.2) is 0 Å². The van der Waals surface area contributed by atoms with Gasteiger partial charge in [-0.05, 0) is 67.9 Å². The lowest BCUT2D eigenvalue weighted by atomic mass is 9.58. The maximum Gasteiger partial charge on any atom is 0.573 e. The topological polar surface area (TPSA) is 46.5 Å². The summed E-state index contributed by atoms with van der Waals surface area (Å²) in [7, 11) is 0. The molecule has 1 aromatic rings. The molecule has 0 spiro atoms. The number of carbonyl (C=O) groups is 1. The molecule has 2 saturated carbocycles. The summed E-state index contributed by atoms with van der Waals surface area (Å²) in [6.07, 6.45) is 6.61. The van der Waals surface area contributed by atoms with E-state index in [-0.39, 0.29) is 17.6 Å². The summed E-state index contributed by atoms with van der Waals surface area (Å²) in [4.78, 5) is 12.4. The SMILES string of the molecule is CCCCCC1CCC(C2(C(=O)O)CCC(c3ccccc3OC(F)(F)F)CC2)CC1. The van der Waals surface area contributed by atoms with Gasteiger partial charge in [0.15, 0.2) is 0 Å². The number of halogens is 3. The summed E-state index contributed by atoms with van der Waals surface area (Å²) in [5.41, 5.74) is -0.191. The van der Waals surface area contributed by atoms with Crippen LogP contribution in [0.5, 0.6) is 5.75 Å². The summed E-state index contributed by atoms with van der Waals surface area (Å²) < 4.78 is 42.6. The van der Waals surface area contributed by atoms with Gasteiger partial charge in [0.1, 0.15) is 5.75 Å². The first kappa shape index (κ1) is 23.9. The number of alkyl halides is 3. The minimum Gasteiger partial charge on any atom is -0.481 e. The van der Waals surface area contributed by atoms with Crippen LogP contribution >= 0.6 is 0 Å². The van der Waals surface area contributed by atoms with Crippen LogP contribution in [0.3, 0.4) is 0 Å². The summed E-state index contributed by atoms with van der Waals surface area (Å²) in [5.74, 6) is -0.0848. The Bertz CT molecular complexity index is 715. The van der Waals surface area contributed by atoms with Gasteiger partial charge in [-0.15, -0.1) is 13.2 Å². The largest absolute Gasteiger partial charge is 0.573 e. The van der Waals surface area contributed by atoms with Gasteiger partial charge in [0, 0.05) is 0 Å². The highest BCUT2D eigenvalue weighted by Gasteiger charge is 2.49. The first-order chi connectivity index (χ1) is 14.7. The number of ether oxygens (including phenoxy) is 1. The molecule has 0 aliphatic heterocycles. The van der Waals surface area contributed by atoms with Gasteiger partial charge in [-0.1, -0.05) is 63.6 Å². The van der Waals surface area contributed by atoms with Crippen LogP contribution in [-0.4, -0.2) is 17.4 Å². The van der Waals surface area contributed by atoms with Crippen LogP contribution in [-0.2, 0) is 4.79 Å². The zero-order valence-electron chi connectivity index (χ0n) is 18.4. The van der Waals surface area contributed by atoms with Gasteiger partial charge in [-0.3, -0.25) is 4.79 Å². The Kier molecular flexibility index (Phi) is 7.92. The molecule has 3 nitrogen and oxygen atoms in total. The average Bonchev–Trinajstić information content (AvgIpc) is 2.74. The molecule has 0 heterocycles. The van der Waals surface area contributed by atoms with Crippen LogP contribution in [0, 0.1) is 17.3 Å². The monoisotopic (exact) mass is 440 g/mol. The Labute approximate surface area is 183 Å². The van der Waals surface area contributed by atoms with E-state index in [2.05, 4.69) is 11.7 Å². The predicted octanol–water partition coefficient (Wildman–Crippen LogP) is 7.70. The summed E-state index contributed by atoms with van der Waals surface area (Å²) >= 11 is 0. The fourth-order valence-electron chi connectivity index (χ4n) is 5.96. The number of carboxylic acids is 1. The van der Waals surface area contributed by atoms with Crippen molar-refractivity contribution in [2.24, 2.45) is 17.3 Å². The molecule has 0 radical (unpaired) electrons. The zero-order chi connectivity index (χ0) is 22.5. The Balaban J connectivity index is 1.64. The van der Waals surface area contributed by atoms with E-state index in [0.717, 1.165) is 31.6 Å². The van der Waals surface area contributed by atoms with Gasteiger partial charge in [0.25, 0.3) is 0 Å². The second-order valence-electron chi connectivity index (χ2n) is 9.53. The fraction of sp³-hybridized carbons (Fsp3) is 0.720. The van der Waals surface area contributed by atoms with E-state index < -0.39 is 17.7 Å². The lowest BCUT2D eigenvalue weighted by molar-refractivity contribution is -0.275. The predicted molar refractivity (Wildman–Crippen MR) is 114 cm³/mol. The third kappa shape index (κ3) is 5.95. The number of para-hydroxylation sites is 1. The first-order valence-corrected chi connectivity index (χ1v) is 11.8. The minimum atomic E-state index is -4.73. The lowest BCUT2D eigenvalue weighted by Crippen LogP contribution is -2.43. The first-order valence-electron chi connectivity index (χ1n) is 11.8. The van der Waals surface area contributed by atoms with Crippen LogP contribution in [0.4, 0.5) is 13.2 Å². The molecule has 0 unspecified atom stereocenters. The molecular weight excluding hydrogens is 405 g/mol. The van der Waals surface area contributed by atoms with Crippen molar-refractivity contribution >= 4 is 5.97 Å². The number of benzene rings is 1. The number of aliphatic carboxylic acids is 1. The second-order valence-corrected chi connectivity index (χ2v) is 9.53. The zero-order valence-corrected chi connectivity index (χ0v) is 18.4. The average molecular weight is 441 g/mol. The quantitative estimate of drug-likeness (QED) is 0.421. The number of unbranched alkanes of at least 4 members (excludes halogenated alkanes) is 2.